The molecule has 0 amide bonds. The van der Waals surface area contributed by atoms with Gasteiger partial charge in [-0.1, -0.05) is 146 Å². The van der Waals surface area contributed by atoms with E-state index in [1.54, 1.807) is 11.1 Å². The van der Waals surface area contributed by atoms with Crippen molar-refractivity contribution in [3.63, 3.8) is 0 Å². The van der Waals surface area contributed by atoms with Gasteiger partial charge in [0.15, 0.2) is 0 Å². The predicted molar refractivity (Wildman–Crippen MR) is 365 cm³/mol. The Morgan fingerprint density at radius 1 is 0.728 bits per heavy atom. The zero-order valence-electron chi connectivity index (χ0n) is 54.5. The normalized spacial score (nSPS) is 43.5. The van der Waals surface area contributed by atoms with Gasteiger partial charge in [0.2, 0.25) is 0 Å². The van der Waals surface area contributed by atoms with Crippen LogP contribution in [-0.2, 0) is 4.79 Å². The van der Waals surface area contributed by atoms with Gasteiger partial charge in [-0.3, -0.25) is 4.79 Å². The molecule has 19 atom stereocenters. The van der Waals surface area contributed by atoms with E-state index in [2.05, 4.69) is 138 Å². The summed E-state index contributed by atoms with van der Waals surface area (Å²) in [6.07, 6.45) is 44.1. The third-order valence-electron chi connectivity index (χ3n) is 30.3. The van der Waals surface area contributed by atoms with E-state index < -0.39 is 40.3 Å². The molecule has 6 N–H and O–H groups in total. The van der Waals surface area contributed by atoms with Gasteiger partial charge in [-0.05, 0) is 255 Å². The Kier molecular flexibility index (Phi) is 14.1. The lowest BCUT2D eigenvalue weighted by Crippen LogP contribution is -2.69. The number of carbonyl (C=O) groups is 1. The van der Waals surface area contributed by atoms with Gasteiger partial charge in [-0.2, -0.15) is 0 Å². The summed E-state index contributed by atoms with van der Waals surface area (Å²) in [6.45, 7) is 1.53. The Hall–Kier alpha value is -5.81. The molecule has 7 heteroatoms. The predicted octanol–water partition coefficient (Wildman–Crippen LogP) is 15.8. The molecule has 4 aliphatic heterocycles. The van der Waals surface area contributed by atoms with Crippen molar-refractivity contribution in [3.05, 3.63) is 171 Å². The van der Waals surface area contributed by atoms with Gasteiger partial charge in [0.05, 0.1) is 30.2 Å². The molecule has 18 aliphatic rings. The number of hydrogen-bond donors (Lipinski definition) is 6. The van der Waals surface area contributed by atoms with Crippen molar-refractivity contribution in [3.8, 4) is 11.8 Å². The minimum Gasteiger partial charge on any atom is -0.516 e. The molecule has 21 rings (SSSR count). The molecule has 18 bridgehead atoms. The molecule has 0 aromatic heterocycles. The highest BCUT2D eigenvalue weighted by Crippen LogP contribution is 2.86. The molecule has 0 radical (unpaired) electrons. The summed E-state index contributed by atoms with van der Waals surface area (Å²) in [6, 6.07) is 30.2. The SMILES string of the molecule is O=C(O)C1CCC(=CO)C(C2CCCCC2)CCCNC2=CC=C(CN2)c2cccc(c2)C2CC#CCC34CC=CC56C=C7C2=c2ccccc2=CC7C(CCC3O)(C2=C(C5)C3(C5CCC7(CC8CCC(c9ccccc9)CC8C7)C5)C5CCCC3(CC2)C1C5O)C64. The smallest absolute Gasteiger partial charge is 0.306 e. The van der Waals surface area contributed by atoms with Crippen LogP contribution < -0.4 is 21.1 Å². The van der Waals surface area contributed by atoms with E-state index in [4.69, 9.17) is 0 Å². The Morgan fingerprint density at radius 3 is 2.45 bits per heavy atom. The van der Waals surface area contributed by atoms with Crippen molar-refractivity contribution in [1.29, 1.82) is 0 Å². The Bertz CT molecular complexity index is 3890. The minimum absolute atomic E-state index is 0.0164. The fourth-order valence-electron chi connectivity index (χ4n) is 27.5. The van der Waals surface area contributed by atoms with Crippen LogP contribution in [0.5, 0.6) is 0 Å². The summed E-state index contributed by atoms with van der Waals surface area (Å²) < 4.78 is 0. The molecule has 19 unspecified atom stereocenters. The molecular weight excluding hydrogens is 1130 g/mol. The van der Waals surface area contributed by atoms with E-state index in [1.165, 1.54) is 114 Å². The van der Waals surface area contributed by atoms with Gasteiger partial charge in [-0.25, -0.2) is 0 Å². The number of aliphatic hydroxyl groups is 3. The third kappa shape index (κ3) is 8.41. The van der Waals surface area contributed by atoms with Gasteiger partial charge in [0, 0.05) is 65.3 Å². The van der Waals surface area contributed by atoms with Crippen LogP contribution in [0.1, 0.15) is 208 Å². The molecule has 7 fully saturated rings. The quantitative estimate of drug-likeness (QED) is 0.0874. The molecule has 0 saturated heterocycles. The van der Waals surface area contributed by atoms with Crippen molar-refractivity contribution >= 4 is 23.2 Å². The molecule has 4 heterocycles. The monoisotopic (exact) mass is 1230 g/mol. The van der Waals surface area contributed by atoms with E-state index in [0.29, 0.717) is 43.4 Å². The standard InChI is InChI=1S/C85H100N2O5/c88-52-61-28-30-67(78(91)92)76-77(90)70-25-12-38-83(76)40-33-69-72(85(70,83)63-32-39-80(48-63)46-59-27-26-56(44-62(59)47-80)53-15-3-1-4-16-53)50-81-35-14-37-82-36-10-9-23-65(75-66-22-8-7-19-58(66)45-71(68(75)49-81)84(69,79(81)82)41-34-73(82)89)57-21-11-20-55(43-57)60-29-31-74(87-51-60)86-42-13-24-64(61)54-17-5-2-6-18-54/h1,3-4,7-8,11,14-16,19-22,29,31,35,43,45,49,52,54,56,59,62-65,67,70-71,73,76-77,79,86-90H,2,5-6,12-13,17-18,23-28,30,32-34,36-42,44,46-48,50-51H2,(H,91,92). The second kappa shape index (κ2) is 22.1. The van der Waals surface area contributed by atoms with Crippen LogP contribution in [0.2, 0.25) is 0 Å². The number of aliphatic carboxylic acids is 1. The lowest BCUT2D eigenvalue weighted by Gasteiger charge is -2.74. The minimum atomic E-state index is -0.744. The molecule has 7 saturated carbocycles. The molecule has 3 aromatic rings. The number of hydrogen-bond acceptors (Lipinski definition) is 6. The highest BCUT2D eigenvalue weighted by atomic mass is 16.4. The molecule has 4 spiro atoms. The van der Waals surface area contributed by atoms with Crippen LogP contribution >= 0.6 is 0 Å². The van der Waals surface area contributed by atoms with E-state index >= 15 is 0 Å². The average molecular weight is 1230 g/mol. The molecule has 480 valence electrons. The molecule has 3 aromatic carbocycles. The average Bonchev–Trinajstić information content (AvgIpc) is 1.16. The third-order valence-corrected chi connectivity index (χ3v) is 30.3. The number of dihydropyridines is 1. The topological polar surface area (TPSA) is 122 Å². The zero-order valence-corrected chi connectivity index (χ0v) is 54.5. The summed E-state index contributed by atoms with van der Waals surface area (Å²) in [5.41, 5.74) is 11.0. The Balaban J connectivity index is 0.851. The van der Waals surface area contributed by atoms with Gasteiger partial charge in [-0.15, -0.1) is 11.8 Å². The van der Waals surface area contributed by atoms with Crippen LogP contribution in [0.3, 0.4) is 0 Å². The maximum Gasteiger partial charge on any atom is 0.306 e. The van der Waals surface area contributed by atoms with Gasteiger partial charge >= 0.3 is 5.97 Å². The summed E-state index contributed by atoms with van der Waals surface area (Å²) in [5.74, 6) is 10.4. The van der Waals surface area contributed by atoms with Gasteiger partial charge < -0.3 is 31.1 Å². The summed E-state index contributed by atoms with van der Waals surface area (Å²) in [7, 11) is 0. The lowest BCUT2D eigenvalue weighted by molar-refractivity contribution is -0.174. The number of fused-ring (bicyclic) bond motifs is 6. The highest BCUT2D eigenvalue weighted by Gasteiger charge is 2.80. The van der Waals surface area contributed by atoms with Crippen molar-refractivity contribution in [1.82, 2.24) is 10.6 Å². The first kappa shape index (κ1) is 58.7. The number of allylic oxidation sites excluding steroid dienone is 9. The van der Waals surface area contributed by atoms with Crippen LogP contribution in [0.25, 0.3) is 17.2 Å². The fourth-order valence-corrected chi connectivity index (χ4v) is 27.5. The molecule has 92 heavy (non-hydrogen) atoms. The first-order valence-corrected chi connectivity index (χ1v) is 37.4. The van der Waals surface area contributed by atoms with E-state index in [0.717, 1.165) is 126 Å². The van der Waals surface area contributed by atoms with Crippen LogP contribution in [-0.4, -0.2) is 51.7 Å². The van der Waals surface area contributed by atoms with Gasteiger partial charge in [0.25, 0.3) is 0 Å². The molecular formula is C85H100N2O5. The Labute approximate surface area is 547 Å². The zero-order chi connectivity index (χ0) is 61.8. The highest BCUT2D eigenvalue weighted by molar-refractivity contribution is 5.80. The van der Waals surface area contributed by atoms with Crippen molar-refractivity contribution in [2.45, 2.75) is 204 Å². The van der Waals surface area contributed by atoms with Crippen molar-refractivity contribution in [2.24, 2.45) is 91.7 Å². The molecule has 7 nitrogen and oxygen atoms in total. The van der Waals surface area contributed by atoms with Crippen LogP contribution in [0.15, 0.2) is 144 Å². The second-order valence-electron chi connectivity index (χ2n) is 33.5. The number of carboxylic acids is 1. The number of benzene rings is 3. The first-order valence-electron chi connectivity index (χ1n) is 37.4. The largest absolute Gasteiger partial charge is 0.516 e. The number of nitrogens with one attached hydrogen (secondary N) is 2. The van der Waals surface area contributed by atoms with Crippen LogP contribution in [0.4, 0.5) is 0 Å². The maximum atomic E-state index is 15.0. The number of aliphatic hydroxyl groups excluding tert-OH is 3. The van der Waals surface area contributed by atoms with Crippen molar-refractivity contribution < 1.29 is 25.2 Å². The Morgan fingerprint density at radius 2 is 1.59 bits per heavy atom. The van der Waals surface area contributed by atoms with E-state index in [9.17, 15) is 25.2 Å². The summed E-state index contributed by atoms with van der Waals surface area (Å²) >= 11 is 0. The molecule has 14 aliphatic carbocycles. The van der Waals surface area contributed by atoms with Crippen LogP contribution in [0, 0.1) is 104 Å². The van der Waals surface area contributed by atoms with E-state index in [1.807, 2.05) is 0 Å². The number of rotatable bonds is 4. The van der Waals surface area contributed by atoms with E-state index in [-0.39, 0.29) is 51.8 Å². The first-order chi connectivity index (χ1) is 45.0. The fraction of sp³-hybridized carbons (Fsp3) is 0.588. The summed E-state index contributed by atoms with van der Waals surface area (Å²) in [4.78, 5) is 15.0. The number of carboxylic acid groups (broad SMARTS) is 1. The van der Waals surface area contributed by atoms with Crippen molar-refractivity contribution in [2.75, 3.05) is 13.1 Å². The van der Waals surface area contributed by atoms with Gasteiger partial charge in [0.1, 0.15) is 0 Å². The lowest BCUT2D eigenvalue weighted by atomic mass is 9.29. The maximum absolute atomic E-state index is 15.0. The summed E-state index contributed by atoms with van der Waals surface area (Å²) in [5, 5.41) is 61.6. The second-order valence-corrected chi connectivity index (χ2v) is 33.5.